The molecule has 1 N–H and O–H groups in total. The number of hydrogen-bond donors (Lipinski definition) is 1. The van der Waals surface area contributed by atoms with Gasteiger partial charge in [0.05, 0.1) is 11.5 Å². The van der Waals surface area contributed by atoms with Crippen LogP contribution < -0.4 is 8.85 Å². The molecule has 38 heavy (non-hydrogen) atoms. The van der Waals surface area contributed by atoms with Gasteiger partial charge in [0.1, 0.15) is 11.5 Å². The van der Waals surface area contributed by atoms with Crippen LogP contribution in [-0.4, -0.2) is 27.7 Å². The van der Waals surface area contributed by atoms with E-state index in [1.165, 1.54) is 5.56 Å². The van der Waals surface area contributed by atoms with Crippen LogP contribution in [0.4, 0.5) is 0 Å². The van der Waals surface area contributed by atoms with E-state index in [1.54, 1.807) is 0 Å². The van der Waals surface area contributed by atoms with Crippen molar-refractivity contribution in [2.24, 2.45) is 5.92 Å². The summed E-state index contributed by atoms with van der Waals surface area (Å²) in [6, 6.07) is 14.4. The summed E-state index contributed by atoms with van der Waals surface area (Å²) in [6.07, 6.45) is 2.13. The molecule has 0 fully saturated rings. The lowest BCUT2D eigenvalue weighted by molar-refractivity contribution is -0.139. The van der Waals surface area contributed by atoms with Crippen molar-refractivity contribution in [1.29, 1.82) is 0 Å². The van der Waals surface area contributed by atoms with Gasteiger partial charge in [0.25, 0.3) is 16.6 Å². The van der Waals surface area contributed by atoms with Crippen LogP contribution in [0, 0.1) is 5.92 Å². The third kappa shape index (κ3) is 5.96. The molecular weight excluding hydrogens is 505 g/mol. The molecule has 0 aliphatic heterocycles. The third-order valence-corrected chi connectivity index (χ3v) is 17.6. The van der Waals surface area contributed by atoms with Gasteiger partial charge in [-0.15, -0.1) is 0 Å². The van der Waals surface area contributed by atoms with E-state index in [0.29, 0.717) is 6.42 Å². The smallest absolute Gasteiger partial charge is 0.310 e. The zero-order valence-electron chi connectivity index (χ0n) is 25.4. The Labute approximate surface area is 232 Å². The summed E-state index contributed by atoms with van der Waals surface area (Å²) in [5, 5.41) is 10.4. The molecule has 0 spiro atoms. The SMILES string of the molecule is CCC(C(=O)O)C1=C(c2c(O[Si](C)(C)C(C)(C)C)cccc2O[Si](C)(C)C(C)(C)C)CCc2ccccc21. The van der Waals surface area contributed by atoms with Gasteiger partial charge in [0.15, 0.2) is 0 Å². The summed E-state index contributed by atoms with van der Waals surface area (Å²) < 4.78 is 14.0. The second-order valence-electron chi connectivity index (χ2n) is 13.7. The quantitative estimate of drug-likeness (QED) is 0.331. The minimum atomic E-state index is -2.19. The van der Waals surface area contributed by atoms with E-state index in [-0.39, 0.29) is 10.1 Å². The summed E-state index contributed by atoms with van der Waals surface area (Å²) >= 11 is 0. The fourth-order valence-electron chi connectivity index (χ4n) is 4.55. The summed E-state index contributed by atoms with van der Waals surface area (Å²) in [7, 11) is -4.39. The maximum absolute atomic E-state index is 12.6. The van der Waals surface area contributed by atoms with Gasteiger partial charge < -0.3 is 14.0 Å². The van der Waals surface area contributed by atoms with Crippen molar-refractivity contribution in [3.8, 4) is 11.5 Å². The summed E-state index contributed by atoms with van der Waals surface area (Å²) in [4.78, 5) is 12.6. The van der Waals surface area contributed by atoms with E-state index >= 15 is 0 Å². The van der Waals surface area contributed by atoms with Crippen LogP contribution in [0.3, 0.4) is 0 Å². The lowest BCUT2D eigenvalue weighted by atomic mass is 9.76. The van der Waals surface area contributed by atoms with Crippen LogP contribution in [0.5, 0.6) is 11.5 Å². The van der Waals surface area contributed by atoms with Crippen molar-refractivity contribution >= 4 is 33.8 Å². The van der Waals surface area contributed by atoms with Gasteiger partial charge in [0.2, 0.25) is 0 Å². The Balaban J connectivity index is 2.40. The molecule has 0 heterocycles. The monoisotopic (exact) mass is 552 g/mol. The zero-order chi connectivity index (χ0) is 28.7. The van der Waals surface area contributed by atoms with Crippen LogP contribution >= 0.6 is 0 Å². The first kappa shape index (κ1) is 30.2. The number of carboxylic acid groups (broad SMARTS) is 1. The molecule has 0 saturated heterocycles. The predicted octanol–water partition coefficient (Wildman–Crippen LogP) is 9.42. The fraction of sp³-hybridized carbons (Fsp3) is 0.531. The Morgan fingerprint density at radius 3 is 1.79 bits per heavy atom. The van der Waals surface area contributed by atoms with E-state index in [4.69, 9.17) is 8.85 Å². The summed E-state index contributed by atoms with van der Waals surface area (Å²) in [6.45, 7) is 24.5. The molecule has 4 nitrogen and oxygen atoms in total. The minimum absolute atomic E-state index is 0.0178. The Hall–Kier alpha value is -2.32. The van der Waals surface area contributed by atoms with Crippen molar-refractivity contribution in [3.05, 3.63) is 59.2 Å². The Morgan fingerprint density at radius 2 is 1.34 bits per heavy atom. The Morgan fingerprint density at radius 1 is 0.842 bits per heavy atom. The molecule has 0 saturated carbocycles. The zero-order valence-corrected chi connectivity index (χ0v) is 27.4. The number of rotatable bonds is 8. The first-order valence-electron chi connectivity index (χ1n) is 14.0. The number of benzene rings is 2. The first-order valence-corrected chi connectivity index (χ1v) is 19.8. The van der Waals surface area contributed by atoms with Gasteiger partial charge in [0, 0.05) is 0 Å². The molecular formula is C32H48O4Si2. The average molecular weight is 553 g/mol. The van der Waals surface area contributed by atoms with Crippen LogP contribution in [0.25, 0.3) is 11.1 Å². The van der Waals surface area contributed by atoms with Crippen molar-refractivity contribution in [1.82, 2.24) is 0 Å². The second-order valence-corrected chi connectivity index (χ2v) is 23.2. The fourth-order valence-corrected chi connectivity index (χ4v) is 6.60. The number of allylic oxidation sites excluding steroid dienone is 1. The molecule has 1 unspecified atom stereocenters. The number of carboxylic acids is 1. The number of fused-ring (bicyclic) bond motifs is 1. The molecule has 2 aromatic carbocycles. The maximum atomic E-state index is 12.6. The number of aryl methyl sites for hydroxylation is 1. The van der Waals surface area contributed by atoms with Crippen molar-refractivity contribution in [2.45, 2.75) is 104 Å². The highest BCUT2D eigenvalue weighted by molar-refractivity contribution is 6.75. The molecule has 0 amide bonds. The maximum Gasteiger partial charge on any atom is 0.310 e. The Bertz CT molecular complexity index is 1170. The molecule has 3 rings (SSSR count). The Kier molecular flexibility index (Phi) is 8.50. The lowest BCUT2D eigenvalue weighted by Gasteiger charge is -2.40. The van der Waals surface area contributed by atoms with Crippen molar-refractivity contribution < 1.29 is 18.8 Å². The predicted molar refractivity (Wildman–Crippen MR) is 165 cm³/mol. The largest absolute Gasteiger partial charge is 0.543 e. The van der Waals surface area contributed by atoms with Crippen LogP contribution in [0.15, 0.2) is 42.5 Å². The molecule has 0 radical (unpaired) electrons. The molecule has 0 bridgehead atoms. The number of hydrogen-bond acceptors (Lipinski definition) is 3. The van der Waals surface area contributed by atoms with E-state index in [1.807, 2.05) is 25.1 Å². The summed E-state index contributed by atoms with van der Waals surface area (Å²) in [5.74, 6) is 0.249. The average Bonchev–Trinajstić information content (AvgIpc) is 2.78. The van der Waals surface area contributed by atoms with Crippen molar-refractivity contribution in [2.75, 3.05) is 0 Å². The molecule has 1 aliphatic carbocycles. The minimum Gasteiger partial charge on any atom is -0.543 e. The van der Waals surface area contributed by atoms with E-state index in [9.17, 15) is 9.90 Å². The molecule has 6 heteroatoms. The van der Waals surface area contributed by atoms with E-state index in [2.05, 4.69) is 92.0 Å². The molecule has 1 atom stereocenters. The van der Waals surface area contributed by atoms with E-state index < -0.39 is 28.5 Å². The van der Waals surface area contributed by atoms with Crippen LogP contribution in [0.1, 0.15) is 78.0 Å². The summed E-state index contributed by atoms with van der Waals surface area (Å²) in [5.41, 5.74) is 5.17. The molecule has 0 aromatic heterocycles. The van der Waals surface area contributed by atoms with Gasteiger partial charge in [-0.05, 0) is 89.9 Å². The molecule has 208 valence electrons. The second kappa shape index (κ2) is 10.7. The van der Waals surface area contributed by atoms with Gasteiger partial charge in [-0.1, -0.05) is 78.8 Å². The highest BCUT2D eigenvalue weighted by Crippen LogP contribution is 2.50. The van der Waals surface area contributed by atoms with Gasteiger partial charge >= 0.3 is 5.97 Å². The van der Waals surface area contributed by atoms with Crippen LogP contribution in [-0.2, 0) is 11.2 Å². The normalized spacial score (nSPS) is 15.7. The molecule has 1 aliphatic rings. The van der Waals surface area contributed by atoms with Crippen molar-refractivity contribution in [3.63, 3.8) is 0 Å². The third-order valence-electron chi connectivity index (χ3n) is 8.96. The number of aliphatic carboxylic acids is 1. The van der Waals surface area contributed by atoms with Gasteiger partial charge in [-0.2, -0.15) is 0 Å². The highest BCUT2D eigenvalue weighted by Gasteiger charge is 2.42. The highest BCUT2D eigenvalue weighted by atomic mass is 28.4. The van der Waals surface area contributed by atoms with E-state index in [0.717, 1.165) is 46.6 Å². The standard InChI is InChI=1S/C32H48O4Si2/c1-12-23(30(33)34)28-24-17-14-13-16-22(24)20-21-25(28)29-26(35-37(8,9)31(2,3)4)18-15-19-27(29)36-38(10,11)32(5,6)7/h13-19,23H,12,20-21H2,1-11H3,(H,33,34). The number of carbonyl (C=O) groups is 1. The topological polar surface area (TPSA) is 55.8 Å². The molecule has 2 aromatic rings. The first-order chi connectivity index (χ1) is 17.4. The van der Waals surface area contributed by atoms with Crippen LogP contribution in [0.2, 0.25) is 36.3 Å². The lowest BCUT2D eigenvalue weighted by Crippen LogP contribution is -2.45. The van der Waals surface area contributed by atoms with Gasteiger partial charge in [-0.25, -0.2) is 0 Å². The van der Waals surface area contributed by atoms with Gasteiger partial charge in [-0.3, -0.25) is 4.79 Å².